The quantitative estimate of drug-likeness (QED) is 0.533. The van der Waals surface area contributed by atoms with Gasteiger partial charge in [-0.3, -0.25) is 14.4 Å². The molecule has 0 fully saturated rings. The minimum atomic E-state index is -0.934. The molecule has 0 radical (unpaired) electrons. The van der Waals surface area contributed by atoms with Crippen molar-refractivity contribution in [3.05, 3.63) is 12.2 Å². The molecule has 5 heteroatoms. The molecule has 0 aromatic carbocycles. The Hall–Kier alpha value is -1.36. The summed E-state index contributed by atoms with van der Waals surface area (Å²) in [5.74, 6) is -2.46. The Morgan fingerprint density at radius 1 is 1.40 bits per heavy atom. The highest BCUT2D eigenvalue weighted by atomic mass is 16.6. The average molecular weight is 213 g/mol. The van der Waals surface area contributed by atoms with Gasteiger partial charge in [-0.15, -0.1) is 0 Å². The normalized spacial score (nSPS) is 24.9. The van der Waals surface area contributed by atoms with Gasteiger partial charge in [0.25, 0.3) is 0 Å². The van der Waals surface area contributed by atoms with E-state index in [0.717, 1.165) is 0 Å². The lowest BCUT2D eigenvalue weighted by Crippen LogP contribution is -2.38. The number of amides is 1. The Labute approximate surface area is 88.1 Å². The molecule has 0 bridgehead atoms. The van der Waals surface area contributed by atoms with Gasteiger partial charge in [0, 0.05) is 0 Å². The van der Waals surface area contributed by atoms with Crippen LogP contribution in [0.5, 0.6) is 0 Å². The van der Waals surface area contributed by atoms with Gasteiger partial charge in [-0.25, -0.2) is 5.48 Å². The summed E-state index contributed by atoms with van der Waals surface area (Å²) >= 11 is 0. The van der Waals surface area contributed by atoms with Crippen LogP contribution < -0.4 is 5.48 Å². The van der Waals surface area contributed by atoms with Crippen LogP contribution in [-0.2, 0) is 14.4 Å². The molecule has 0 saturated heterocycles. The number of carboxylic acids is 1. The Kier molecular flexibility index (Phi) is 4.30. The maximum absolute atomic E-state index is 11.5. The third kappa shape index (κ3) is 3.06. The van der Waals surface area contributed by atoms with Gasteiger partial charge in [-0.1, -0.05) is 12.2 Å². The first kappa shape index (κ1) is 11.7. The molecule has 2 atom stereocenters. The van der Waals surface area contributed by atoms with Gasteiger partial charge in [0.05, 0.1) is 18.4 Å². The first-order valence-electron chi connectivity index (χ1n) is 4.96. The highest BCUT2D eigenvalue weighted by molar-refractivity contribution is 5.84. The Morgan fingerprint density at radius 2 is 2.00 bits per heavy atom. The standard InChI is InChI=1S/C10H15NO4/c1-2-15-11-9(12)7-5-3-4-6-8(7)10(13)14/h3-4,7-8H,2,5-6H2,1H3,(H,11,12)(H,13,14). The van der Waals surface area contributed by atoms with Crippen molar-refractivity contribution >= 4 is 11.9 Å². The van der Waals surface area contributed by atoms with Crippen LogP contribution >= 0.6 is 0 Å². The van der Waals surface area contributed by atoms with E-state index in [2.05, 4.69) is 5.48 Å². The summed E-state index contributed by atoms with van der Waals surface area (Å²) < 4.78 is 0. The minimum absolute atomic E-state index is 0.353. The number of allylic oxidation sites excluding steroid dienone is 2. The molecule has 2 unspecified atom stereocenters. The molecule has 2 N–H and O–H groups in total. The zero-order valence-corrected chi connectivity index (χ0v) is 8.60. The van der Waals surface area contributed by atoms with Gasteiger partial charge in [0.2, 0.25) is 5.91 Å². The van der Waals surface area contributed by atoms with Crippen molar-refractivity contribution in [3.8, 4) is 0 Å². The summed E-state index contributed by atoms with van der Waals surface area (Å²) in [6.45, 7) is 2.11. The zero-order chi connectivity index (χ0) is 11.3. The highest BCUT2D eigenvalue weighted by Crippen LogP contribution is 2.25. The number of hydrogen-bond donors (Lipinski definition) is 2. The number of hydroxylamine groups is 1. The molecular weight excluding hydrogens is 198 g/mol. The molecule has 0 heterocycles. The second kappa shape index (κ2) is 5.50. The van der Waals surface area contributed by atoms with E-state index >= 15 is 0 Å². The molecule has 1 aliphatic rings. The van der Waals surface area contributed by atoms with Gasteiger partial charge in [0.15, 0.2) is 0 Å². The van der Waals surface area contributed by atoms with Crippen LogP contribution in [0.25, 0.3) is 0 Å². The van der Waals surface area contributed by atoms with Crippen molar-refractivity contribution in [2.45, 2.75) is 19.8 Å². The van der Waals surface area contributed by atoms with Crippen LogP contribution in [-0.4, -0.2) is 23.6 Å². The molecule has 0 saturated carbocycles. The molecular formula is C10H15NO4. The zero-order valence-electron chi connectivity index (χ0n) is 8.60. The topological polar surface area (TPSA) is 75.6 Å². The molecule has 1 rings (SSSR count). The maximum atomic E-state index is 11.5. The average Bonchev–Trinajstić information content (AvgIpc) is 2.25. The Bertz CT molecular complexity index is 275. The number of carboxylic acid groups (broad SMARTS) is 1. The molecule has 0 aromatic heterocycles. The predicted octanol–water partition coefficient (Wildman–Crippen LogP) is 0.721. The second-order valence-corrected chi connectivity index (χ2v) is 3.39. The van der Waals surface area contributed by atoms with Crippen molar-refractivity contribution < 1.29 is 19.5 Å². The largest absolute Gasteiger partial charge is 0.481 e. The molecule has 5 nitrogen and oxygen atoms in total. The summed E-state index contributed by atoms with van der Waals surface area (Å²) in [5.41, 5.74) is 2.25. The van der Waals surface area contributed by atoms with Crippen molar-refractivity contribution in [1.29, 1.82) is 0 Å². The van der Waals surface area contributed by atoms with Gasteiger partial charge < -0.3 is 5.11 Å². The highest BCUT2D eigenvalue weighted by Gasteiger charge is 2.33. The van der Waals surface area contributed by atoms with Crippen LogP contribution in [0.2, 0.25) is 0 Å². The van der Waals surface area contributed by atoms with E-state index in [0.29, 0.717) is 19.4 Å². The Morgan fingerprint density at radius 3 is 2.53 bits per heavy atom. The number of rotatable bonds is 4. The maximum Gasteiger partial charge on any atom is 0.307 e. The Balaban J connectivity index is 2.60. The minimum Gasteiger partial charge on any atom is -0.481 e. The monoisotopic (exact) mass is 213 g/mol. The number of carbonyl (C=O) groups excluding carboxylic acids is 1. The van der Waals surface area contributed by atoms with E-state index in [9.17, 15) is 9.59 Å². The number of carbonyl (C=O) groups is 2. The van der Waals surface area contributed by atoms with E-state index in [-0.39, 0.29) is 5.91 Å². The lowest BCUT2D eigenvalue weighted by atomic mass is 9.82. The fraction of sp³-hybridized carbons (Fsp3) is 0.600. The van der Waals surface area contributed by atoms with Gasteiger partial charge in [0.1, 0.15) is 0 Å². The molecule has 0 spiro atoms. The fourth-order valence-electron chi connectivity index (χ4n) is 1.60. The molecule has 15 heavy (non-hydrogen) atoms. The molecule has 84 valence electrons. The second-order valence-electron chi connectivity index (χ2n) is 3.39. The molecule has 0 aliphatic heterocycles. The lowest BCUT2D eigenvalue weighted by Gasteiger charge is -2.23. The molecule has 1 aliphatic carbocycles. The van der Waals surface area contributed by atoms with Gasteiger partial charge >= 0.3 is 5.97 Å². The van der Waals surface area contributed by atoms with Crippen molar-refractivity contribution in [2.24, 2.45) is 11.8 Å². The lowest BCUT2D eigenvalue weighted by molar-refractivity contribution is -0.151. The summed E-state index contributed by atoms with van der Waals surface area (Å²) in [7, 11) is 0. The fourth-order valence-corrected chi connectivity index (χ4v) is 1.60. The van der Waals surface area contributed by atoms with Crippen LogP contribution in [0.1, 0.15) is 19.8 Å². The number of aliphatic carboxylic acids is 1. The van der Waals surface area contributed by atoms with Crippen LogP contribution in [0.4, 0.5) is 0 Å². The first-order chi connectivity index (χ1) is 7.16. The predicted molar refractivity (Wildman–Crippen MR) is 52.8 cm³/mol. The van der Waals surface area contributed by atoms with Crippen molar-refractivity contribution in [3.63, 3.8) is 0 Å². The van der Waals surface area contributed by atoms with E-state index < -0.39 is 17.8 Å². The SMILES string of the molecule is CCONC(=O)C1CC=CCC1C(=O)O. The molecule has 1 amide bonds. The van der Waals surface area contributed by atoms with Gasteiger partial charge in [-0.2, -0.15) is 0 Å². The third-order valence-electron chi connectivity index (χ3n) is 2.40. The van der Waals surface area contributed by atoms with E-state index in [1.807, 2.05) is 6.08 Å². The van der Waals surface area contributed by atoms with E-state index in [4.69, 9.17) is 9.94 Å². The van der Waals surface area contributed by atoms with Crippen LogP contribution in [0.15, 0.2) is 12.2 Å². The van der Waals surface area contributed by atoms with E-state index in [1.165, 1.54) is 0 Å². The number of hydrogen-bond acceptors (Lipinski definition) is 3. The summed E-state index contributed by atoms with van der Waals surface area (Å²) in [5, 5.41) is 8.93. The first-order valence-corrected chi connectivity index (χ1v) is 4.96. The summed E-state index contributed by atoms with van der Waals surface area (Å²) in [6, 6.07) is 0. The van der Waals surface area contributed by atoms with E-state index in [1.54, 1.807) is 13.0 Å². The van der Waals surface area contributed by atoms with Crippen LogP contribution in [0.3, 0.4) is 0 Å². The smallest absolute Gasteiger partial charge is 0.307 e. The van der Waals surface area contributed by atoms with Gasteiger partial charge in [-0.05, 0) is 19.8 Å². The van der Waals surface area contributed by atoms with Crippen LogP contribution in [0, 0.1) is 11.8 Å². The summed E-state index contributed by atoms with van der Waals surface area (Å²) in [4.78, 5) is 27.2. The number of nitrogens with one attached hydrogen (secondary N) is 1. The molecule has 0 aromatic rings. The van der Waals surface area contributed by atoms with Crippen molar-refractivity contribution in [1.82, 2.24) is 5.48 Å². The third-order valence-corrected chi connectivity index (χ3v) is 2.40. The summed E-state index contributed by atoms with van der Waals surface area (Å²) in [6.07, 6.45) is 4.48. The van der Waals surface area contributed by atoms with Crippen molar-refractivity contribution in [2.75, 3.05) is 6.61 Å².